The lowest BCUT2D eigenvalue weighted by atomic mass is 9.84. The highest BCUT2D eigenvalue weighted by atomic mass is 32.2. The van der Waals surface area contributed by atoms with E-state index in [4.69, 9.17) is 5.73 Å². The number of nitrogens with zero attached hydrogens (tertiary/aromatic N) is 3. The van der Waals surface area contributed by atoms with Crippen molar-refractivity contribution in [2.45, 2.75) is 49.6 Å². The molecule has 3 aromatic rings. The Kier molecular flexibility index (Phi) is 7.25. The maximum Gasteiger partial charge on any atom is 0.243 e. The molecule has 0 spiro atoms. The van der Waals surface area contributed by atoms with Crippen molar-refractivity contribution in [2.75, 3.05) is 13.1 Å². The highest BCUT2D eigenvalue weighted by Gasteiger charge is 2.45. The third kappa shape index (κ3) is 5.18. The Bertz CT molecular complexity index is 1580. The zero-order valence-corrected chi connectivity index (χ0v) is 22.5. The van der Waals surface area contributed by atoms with E-state index in [2.05, 4.69) is 12.1 Å². The van der Waals surface area contributed by atoms with Crippen LogP contribution in [-0.2, 0) is 26.0 Å². The minimum Gasteiger partial charge on any atom is -0.370 e. The number of hydrogen-bond donors (Lipinski definition) is 1. The summed E-state index contributed by atoms with van der Waals surface area (Å²) >= 11 is 0. The van der Waals surface area contributed by atoms with Gasteiger partial charge in [-0.3, -0.25) is 9.59 Å². The number of hydrogen-bond acceptors (Lipinski definition) is 5. The van der Waals surface area contributed by atoms with Crippen LogP contribution in [0.5, 0.6) is 0 Å². The number of primary amides is 1. The van der Waals surface area contributed by atoms with Gasteiger partial charge in [-0.15, -0.1) is 0 Å². The molecule has 3 aromatic carbocycles. The van der Waals surface area contributed by atoms with E-state index in [0.29, 0.717) is 5.56 Å². The van der Waals surface area contributed by atoms with E-state index in [1.165, 1.54) is 12.1 Å². The predicted octanol–water partition coefficient (Wildman–Crippen LogP) is 3.69. The molecule has 0 radical (unpaired) electrons. The fourth-order valence-electron chi connectivity index (χ4n) is 5.67. The van der Waals surface area contributed by atoms with Gasteiger partial charge in [-0.25, -0.2) is 8.42 Å². The van der Waals surface area contributed by atoms with Crippen molar-refractivity contribution in [1.29, 1.82) is 5.26 Å². The largest absolute Gasteiger partial charge is 0.370 e. The van der Waals surface area contributed by atoms with Gasteiger partial charge >= 0.3 is 0 Å². The van der Waals surface area contributed by atoms with Gasteiger partial charge < -0.3 is 10.6 Å². The predicted molar refractivity (Wildman–Crippen MR) is 147 cm³/mol. The number of aryl methyl sites for hydroxylation is 2. The first kappa shape index (κ1) is 26.6. The maximum absolute atomic E-state index is 13.9. The van der Waals surface area contributed by atoms with E-state index in [9.17, 15) is 23.3 Å². The van der Waals surface area contributed by atoms with Crippen molar-refractivity contribution in [3.8, 4) is 17.2 Å². The standard InChI is InChI=1S/C30H30N4O4S/c1-20-8-11-25(12-9-20)39(37,38)34-15-14-33(30(36)28(34)18-29(32)35)27-7-3-6-24-17-23(10-13-26(24)27)22-5-2-4-21(16-22)19-31/h2,4-5,8-13,16-17,27-28H,3,6-7,14-15,18H2,1H3,(H2,32,35)/t27-,28?/m1/s1. The molecule has 2 atom stereocenters. The van der Waals surface area contributed by atoms with E-state index in [1.807, 2.05) is 37.3 Å². The van der Waals surface area contributed by atoms with Crippen molar-refractivity contribution in [3.63, 3.8) is 0 Å². The second-order valence-corrected chi connectivity index (χ2v) is 12.1. The molecule has 1 aliphatic carbocycles. The number of carbonyl (C=O) groups excluding carboxylic acids is 2. The third-order valence-electron chi connectivity index (χ3n) is 7.63. The fraction of sp³-hybridized carbons (Fsp3) is 0.300. The third-order valence-corrected chi connectivity index (χ3v) is 9.55. The summed E-state index contributed by atoms with van der Waals surface area (Å²) in [6.45, 7) is 2.16. The summed E-state index contributed by atoms with van der Waals surface area (Å²) in [5, 5.41) is 9.27. The van der Waals surface area contributed by atoms with Crippen molar-refractivity contribution < 1.29 is 18.0 Å². The molecule has 2 N–H and O–H groups in total. The van der Waals surface area contributed by atoms with Crippen LogP contribution in [0.2, 0.25) is 0 Å². The van der Waals surface area contributed by atoms with Crippen LogP contribution in [0.1, 0.15) is 47.6 Å². The van der Waals surface area contributed by atoms with Crippen LogP contribution in [0.15, 0.2) is 71.6 Å². The molecule has 0 bridgehead atoms. The lowest BCUT2D eigenvalue weighted by Gasteiger charge is -2.44. The highest BCUT2D eigenvalue weighted by molar-refractivity contribution is 7.89. The molecule has 1 unspecified atom stereocenters. The average Bonchev–Trinajstić information content (AvgIpc) is 2.93. The van der Waals surface area contributed by atoms with Gasteiger partial charge in [0.2, 0.25) is 21.8 Å². The number of nitrogens with two attached hydrogens (primary N) is 1. The van der Waals surface area contributed by atoms with E-state index >= 15 is 0 Å². The Labute approximate surface area is 228 Å². The van der Waals surface area contributed by atoms with E-state index in [1.54, 1.807) is 23.1 Å². The lowest BCUT2D eigenvalue weighted by Crippen LogP contribution is -2.60. The molecule has 200 valence electrons. The van der Waals surface area contributed by atoms with Gasteiger partial charge in [-0.05, 0) is 72.7 Å². The molecule has 39 heavy (non-hydrogen) atoms. The van der Waals surface area contributed by atoms with Crippen LogP contribution in [0.4, 0.5) is 0 Å². The van der Waals surface area contributed by atoms with Gasteiger partial charge in [0.25, 0.3) is 0 Å². The number of benzene rings is 3. The summed E-state index contributed by atoms with van der Waals surface area (Å²) < 4.78 is 28.2. The molecular weight excluding hydrogens is 512 g/mol. The zero-order valence-electron chi connectivity index (χ0n) is 21.7. The van der Waals surface area contributed by atoms with Gasteiger partial charge in [0.15, 0.2) is 0 Å². The molecular formula is C30H30N4O4S. The van der Waals surface area contributed by atoms with E-state index in [0.717, 1.165) is 51.4 Å². The number of carbonyl (C=O) groups is 2. The van der Waals surface area contributed by atoms with Gasteiger partial charge in [-0.1, -0.05) is 48.0 Å². The van der Waals surface area contributed by atoms with Crippen molar-refractivity contribution in [1.82, 2.24) is 9.21 Å². The monoisotopic (exact) mass is 542 g/mol. The molecule has 2 amide bonds. The summed E-state index contributed by atoms with van der Waals surface area (Å²) in [6, 6.07) is 20.8. The molecule has 0 aromatic heterocycles. The summed E-state index contributed by atoms with van der Waals surface area (Å²) in [5.74, 6) is -1.13. The Balaban J connectivity index is 1.45. The fourth-order valence-corrected chi connectivity index (χ4v) is 7.24. The van der Waals surface area contributed by atoms with Gasteiger partial charge in [0.1, 0.15) is 6.04 Å². The first-order valence-electron chi connectivity index (χ1n) is 13.0. The topological polar surface area (TPSA) is 125 Å². The van der Waals surface area contributed by atoms with Gasteiger partial charge in [-0.2, -0.15) is 9.57 Å². The number of amides is 2. The summed E-state index contributed by atoms with van der Waals surface area (Å²) in [7, 11) is -4.01. The van der Waals surface area contributed by atoms with Crippen LogP contribution in [0, 0.1) is 18.3 Å². The highest BCUT2D eigenvalue weighted by Crippen LogP contribution is 2.39. The maximum atomic E-state index is 13.9. The molecule has 5 rings (SSSR count). The lowest BCUT2D eigenvalue weighted by molar-refractivity contribution is -0.144. The first-order chi connectivity index (χ1) is 18.7. The molecule has 2 aliphatic rings. The molecule has 1 aliphatic heterocycles. The number of rotatable bonds is 6. The Morgan fingerprint density at radius 2 is 1.79 bits per heavy atom. The van der Waals surface area contributed by atoms with Crippen LogP contribution in [0.25, 0.3) is 11.1 Å². The molecule has 1 fully saturated rings. The second-order valence-electron chi connectivity index (χ2n) is 10.2. The van der Waals surface area contributed by atoms with Crippen LogP contribution >= 0.6 is 0 Å². The normalized spacial score (nSPS) is 19.8. The minimum atomic E-state index is -4.01. The van der Waals surface area contributed by atoms with Gasteiger partial charge in [0.05, 0.1) is 29.0 Å². The number of piperazine rings is 1. The van der Waals surface area contributed by atoms with Crippen LogP contribution in [0.3, 0.4) is 0 Å². The van der Waals surface area contributed by atoms with Crippen molar-refractivity contribution >= 4 is 21.8 Å². The summed E-state index contributed by atoms with van der Waals surface area (Å²) in [6.07, 6.45) is 2.09. The molecule has 1 saturated heterocycles. The van der Waals surface area contributed by atoms with Gasteiger partial charge in [0, 0.05) is 13.1 Å². The first-order valence-corrected chi connectivity index (χ1v) is 14.4. The zero-order chi connectivity index (χ0) is 27.7. The van der Waals surface area contributed by atoms with E-state index in [-0.39, 0.29) is 30.4 Å². The molecule has 0 saturated carbocycles. The van der Waals surface area contributed by atoms with Crippen molar-refractivity contribution in [3.05, 3.63) is 89.0 Å². The molecule has 8 nitrogen and oxygen atoms in total. The van der Waals surface area contributed by atoms with Crippen LogP contribution < -0.4 is 5.73 Å². The molecule has 1 heterocycles. The minimum absolute atomic E-state index is 0.0742. The Hall–Kier alpha value is -4.00. The summed E-state index contributed by atoms with van der Waals surface area (Å²) in [5.41, 5.74) is 11.1. The van der Waals surface area contributed by atoms with Crippen molar-refractivity contribution in [2.24, 2.45) is 5.73 Å². The Morgan fingerprint density at radius 3 is 2.51 bits per heavy atom. The van der Waals surface area contributed by atoms with Crippen LogP contribution in [-0.4, -0.2) is 48.6 Å². The number of sulfonamides is 1. The summed E-state index contributed by atoms with van der Waals surface area (Å²) in [4.78, 5) is 27.6. The quantitative estimate of drug-likeness (QED) is 0.509. The Morgan fingerprint density at radius 1 is 1.05 bits per heavy atom. The second kappa shape index (κ2) is 10.6. The number of nitriles is 1. The number of fused-ring (bicyclic) bond motifs is 1. The molecule has 9 heteroatoms. The average molecular weight is 543 g/mol. The van der Waals surface area contributed by atoms with E-state index < -0.39 is 27.9 Å². The smallest absolute Gasteiger partial charge is 0.243 e. The SMILES string of the molecule is Cc1ccc(S(=O)(=O)N2CCN([C@@H]3CCCc4cc(-c5cccc(C#N)c5)ccc43)C(=O)C2CC(N)=O)cc1.